The average molecular weight is 387 g/mol. The summed E-state index contributed by atoms with van der Waals surface area (Å²) < 4.78 is 2.13. The van der Waals surface area contributed by atoms with Crippen LogP contribution in [-0.2, 0) is 11.3 Å². The Bertz CT molecular complexity index is 687. The van der Waals surface area contributed by atoms with E-state index in [1.807, 2.05) is 4.90 Å². The number of aliphatic imine (C=N–C) groups is 1. The molecule has 1 saturated heterocycles. The molecule has 4 rings (SSSR count). The Labute approximate surface area is 168 Å². The zero-order valence-corrected chi connectivity index (χ0v) is 17.1. The second-order valence-electron chi connectivity index (χ2n) is 8.55. The van der Waals surface area contributed by atoms with Gasteiger partial charge in [-0.05, 0) is 38.2 Å². The van der Waals surface area contributed by atoms with Crippen molar-refractivity contribution in [1.82, 2.24) is 25.3 Å². The molecule has 1 amide bonds. The minimum absolute atomic E-state index is 0.270. The van der Waals surface area contributed by atoms with Crippen LogP contribution in [0.1, 0.15) is 69.5 Å². The van der Waals surface area contributed by atoms with Crippen molar-refractivity contribution in [3.8, 4) is 0 Å². The van der Waals surface area contributed by atoms with Gasteiger partial charge in [0.15, 0.2) is 5.96 Å². The molecular formula is C21H34N6O. The Hall–Kier alpha value is -2.05. The molecule has 7 heteroatoms. The van der Waals surface area contributed by atoms with E-state index in [9.17, 15) is 4.79 Å². The van der Waals surface area contributed by atoms with Crippen molar-refractivity contribution >= 4 is 11.9 Å². The number of aromatic nitrogens is 2. The molecule has 2 aliphatic carbocycles. The van der Waals surface area contributed by atoms with Gasteiger partial charge in [0.25, 0.3) is 0 Å². The molecule has 1 aromatic rings. The van der Waals surface area contributed by atoms with Gasteiger partial charge in [-0.1, -0.05) is 25.7 Å². The summed E-state index contributed by atoms with van der Waals surface area (Å²) in [7, 11) is 1.79. The summed E-state index contributed by atoms with van der Waals surface area (Å²) in [5.74, 6) is 1.42. The van der Waals surface area contributed by atoms with Crippen LogP contribution in [-0.4, -0.2) is 52.7 Å². The van der Waals surface area contributed by atoms with Crippen LogP contribution < -0.4 is 10.6 Å². The van der Waals surface area contributed by atoms with Gasteiger partial charge >= 0.3 is 0 Å². The molecule has 0 radical (unpaired) electrons. The van der Waals surface area contributed by atoms with Crippen LogP contribution in [0.2, 0.25) is 0 Å². The highest BCUT2D eigenvalue weighted by atomic mass is 16.2. The Kier molecular flexibility index (Phi) is 6.17. The first-order valence-electron chi connectivity index (χ1n) is 11.0. The number of carbonyl (C=O) groups is 1. The van der Waals surface area contributed by atoms with E-state index >= 15 is 0 Å². The second kappa shape index (κ2) is 8.97. The van der Waals surface area contributed by atoms with Crippen molar-refractivity contribution in [2.24, 2.45) is 10.9 Å². The van der Waals surface area contributed by atoms with E-state index in [2.05, 4.69) is 32.6 Å². The standard InChI is InChI=1S/C21H34N6O/c1-22-21(23-14-17-11-13-27(25-17)19-8-4-5-9-19)24-18-10-12-26(15-18)20(28)16-6-2-3-7-16/h11,13,16,18-19H,2-10,12,14-15H2,1H3,(H2,22,23,24). The molecule has 0 aromatic carbocycles. The van der Waals surface area contributed by atoms with Crippen LogP contribution in [0.3, 0.4) is 0 Å². The molecule has 1 aliphatic heterocycles. The quantitative estimate of drug-likeness (QED) is 0.602. The summed E-state index contributed by atoms with van der Waals surface area (Å²) in [5, 5.41) is 11.6. The molecule has 1 atom stereocenters. The van der Waals surface area contributed by atoms with E-state index in [0.29, 0.717) is 18.5 Å². The molecule has 3 fully saturated rings. The first-order chi connectivity index (χ1) is 13.7. The molecule has 1 aromatic heterocycles. The van der Waals surface area contributed by atoms with E-state index in [1.165, 1.54) is 38.5 Å². The third kappa shape index (κ3) is 4.50. The van der Waals surface area contributed by atoms with Crippen molar-refractivity contribution in [2.75, 3.05) is 20.1 Å². The van der Waals surface area contributed by atoms with Gasteiger partial charge in [-0.3, -0.25) is 14.5 Å². The number of likely N-dealkylation sites (tertiary alicyclic amines) is 1. The van der Waals surface area contributed by atoms with Crippen LogP contribution >= 0.6 is 0 Å². The van der Waals surface area contributed by atoms with Gasteiger partial charge in [0.1, 0.15) is 0 Å². The number of carbonyl (C=O) groups excluding carboxylic acids is 1. The summed E-state index contributed by atoms with van der Waals surface area (Å²) in [6.07, 6.45) is 12.8. The number of guanidine groups is 1. The van der Waals surface area contributed by atoms with E-state index in [-0.39, 0.29) is 12.0 Å². The second-order valence-corrected chi connectivity index (χ2v) is 8.55. The lowest BCUT2D eigenvalue weighted by atomic mass is 10.1. The van der Waals surface area contributed by atoms with E-state index in [0.717, 1.165) is 44.0 Å². The lowest BCUT2D eigenvalue weighted by Crippen LogP contribution is -2.45. The fourth-order valence-corrected chi connectivity index (χ4v) is 4.92. The van der Waals surface area contributed by atoms with Crippen molar-refractivity contribution in [3.63, 3.8) is 0 Å². The summed E-state index contributed by atoms with van der Waals surface area (Å²) in [6, 6.07) is 2.94. The first-order valence-corrected chi connectivity index (χ1v) is 11.0. The monoisotopic (exact) mass is 386 g/mol. The molecular weight excluding hydrogens is 352 g/mol. The normalized spacial score (nSPS) is 24.2. The van der Waals surface area contributed by atoms with Crippen LogP contribution in [0.4, 0.5) is 0 Å². The minimum Gasteiger partial charge on any atom is -0.352 e. The highest BCUT2D eigenvalue weighted by Crippen LogP contribution is 2.29. The number of nitrogens with one attached hydrogen (secondary N) is 2. The van der Waals surface area contributed by atoms with Crippen molar-refractivity contribution in [3.05, 3.63) is 18.0 Å². The highest BCUT2D eigenvalue weighted by Gasteiger charge is 2.32. The van der Waals surface area contributed by atoms with Gasteiger partial charge in [-0.2, -0.15) is 5.10 Å². The molecule has 2 heterocycles. The Morgan fingerprint density at radius 2 is 1.93 bits per heavy atom. The number of hydrogen-bond acceptors (Lipinski definition) is 3. The van der Waals surface area contributed by atoms with Gasteiger partial charge in [0.05, 0.1) is 18.3 Å². The molecule has 7 nitrogen and oxygen atoms in total. The molecule has 154 valence electrons. The van der Waals surface area contributed by atoms with Gasteiger partial charge in [0.2, 0.25) is 5.91 Å². The van der Waals surface area contributed by atoms with E-state index in [1.54, 1.807) is 7.05 Å². The van der Waals surface area contributed by atoms with E-state index in [4.69, 9.17) is 5.10 Å². The third-order valence-corrected chi connectivity index (χ3v) is 6.57. The summed E-state index contributed by atoms with van der Waals surface area (Å²) in [6.45, 7) is 2.30. The lowest BCUT2D eigenvalue weighted by molar-refractivity contribution is -0.134. The van der Waals surface area contributed by atoms with Crippen LogP contribution in [0, 0.1) is 5.92 Å². The predicted molar refractivity (Wildman–Crippen MR) is 110 cm³/mol. The minimum atomic E-state index is 0.270. The summed E-state index contributed by atoms with van der Waals surface area (Å²) in [5.41, 5.74) is 1.04. The number of nitrogens with zero attached hydrogens (tertiary/aromatic N) is 4. The van der Waals surface area contributed by atoms with Crippen LogP contribution in [0.15, 0.2) is 17.3 Å². The number of hydrogen-bond donors (Lipinski definition) is 2. The molecule has 28 heavy (non-hydrogen) atoms. The number of rotatable bonds is 5. The zero-order chi connectivity index (χ0) is 19.3. The molecule has 2 N–H and O–H groups in total. The van der Waals surface area contributed by atoms with Gasteiger partial charge < -0.3 is 15.5 Å². The largest absolute Gasteiger partial charge is 0.352 e. The highest BCUT2D eigenvalue weighted by molar-refractivity contribution is 5.81. The SMILES string of the molecule is CN=C(NCc1ccn(C2CCCC2)n1)NC1CCN(C(=O)C2CCCC2)C1. The van der Waals surface area contributed by atoms with Crippen LogP contribution in [0.5, 0.6) is 0 Å². The van der Waals surface area contributed by atoms with Gasteiger partial charge in [-0.25, -0.2) is 0 Å². The predicted octanol–water partition coefficient (Wildman–Crippen LogP) is 2.45. The maximum atomic E-state index is 12.6. The molecule has 3 aliphatic rings. The fraction of sp³-hybridized carbons (Fsp3) is 0.762. The Balaban J connectivity index is 1.23. The Morgan fingerprint density at radius 1 is 1.18 bits per heavy atom. The zero-order valence-electron chi connectivity index (χ0n) is 17.1. The molecule has 0 spiro atoms. The average Bonchev–Trinajstić information content (AvgIpc) is 3.50. The van der Waals surface area contributed by atoms with Crippen molar-refractivity contribution in [2.45, 2.75) is 76.4 Å². The lowest BCUT2D eigenvalue weighted by Gasteiger charge is -2.21. The first kappa shape index (κ1) is 19.3. The van der Waals surface area contributed by atoms with Gasteiger partial charge in [-0.15, -0.1) is 0 Å². The smallest absolute Gasteiger partial charge is 0.225 e. The van der Waals surface area contributed by atoms with Crippen molar-refractivity contribution in [1.29, 1.82) is 0 Å². The van der Waals surface area contributed by atoms with Gasteiger partial charge in [0, 0.05) is 38.3 Å². The van der Waals surface area contributed by atoms with E-state index < -0.39 is 0 Å². The molecule has 2 saturated carbocycles. The third-order valence-electron chi connectivity index (χ3n) is 6.57. The molecule has 0 bridgehead atoms. The Morgan fingerprint density at radius 3 is 2.68 bits per heavy atom. The van der Waals surface area contributed by atoms with Crippen molar-refractivity contribution < 1.29 is 4.79 Å². The summed E-state index contributed by atoms with van der Waals surface area (Å²) in [4.78, 5) is 19.0. The maximum Gasteiger partial charge on any atom is 0.225 e. The topological polar surface area (TPSA) is 74.6 Å². The fourth-order valence-electron chi connectivity index (χ4n) is 4.92. The summed E-state index contributed by atoms with van der Waals surface area (Å²) >= 11 is 0. The number of amides is 1. The maximum absolute atomic E-state index is 12.6. The van der Waals surface area contributed by atoms with Crippen LogP contribution in [0.25, 0.3) is 0 Å². The molecule has 1 unspecified atom stereocenters.